The number of nitro groups is 1. The standard InChI is InChI=1S/C12H14ClFN2O3/c13-9-6-12(16(17)18)11(7-10(9)14)15-4-3-8-2-1-5-19-8/h6-8,15H,1-5H2. The molecule has 0 radical (unpaired) electrons. The van der Waals surface area contributed by atoms with Crippen LogP contribution in [0.2, 0.25) is 5.02 Å². The van der Waals surface area contributed by atoms with Gasteiger partial charge in [-0.1, -0.05) is 11.6 Å². The summed E-state index contributed by atoms with van der Waals surface area (Å²) in [6.07, 6.45) is 2.96. The molecule has 104 valence electrons. The van der Waals surface area contributed by atoms with Crippen molar-refractivity contribution in [2.24, 2.45) is 0 Å². The van der Waals surface area contributed by atoms with Crippen molar-refractivity contribution in [2.75, 3.05) is 18.5 Å². The first kappa shape index (κ1) is 14.0. The number of halogens is 2. The molecule has 1 saturated heterocycles. The first-order chi connectivity index (χ1) is 9.08. The normalized spacial score (nSPS) is 18.5. The van der Waals surface area contributed by atoms with E-state index in [0.29, 0.717) is 6.54 Å². The largest absolute Gasteiger partial charge is 0.379 e. The summed E-state index contributed by atoms with van der Waals surface area (Å²) in [6.45, 7) is 1.26. The molecule has 1 heterocycles. The van der Waals surface area contributed by atoms with Crippen LogP contribution in [-0.4, -0.2) is 24.2 Å². The maximum Gasteiger partial charge on any atom is 0.294 e. The Morgan fingerprint density at radius 1 is 1.58 bits per heavy atom. The number of benzene rings is 1. The predicted octanol–water partition coefficient (Wildman–Crippen LogP) is 3.37. The van der Waals surface area contributed by atoms with E-state index in [1.54, 1.807) is 0 Å². The fourth-order valence-corrected chi connectivity index (χ4v) is 2.23. The summed E-state index contributed by atoms with van der Waals surface area (Å²) in [5.41, 5.74) is -0.0800. The molecule has 19 heavy (non-hydrogen) atoms. The van der Waals surface area contributed by atoms with Gasteiger partial charge in [0, 0.05) is 25.3 Å². The van der Waals surface area contributed by atoms with E-state index in [-0.39, 0.29) is 22.5 Å². The summed E-state index contributed by atoms with van der Waals surface area (Å²) in [5, 5.41) is 13.5. The van der Waals surface area contributed by atoms with Crippen LogP contribution in [0.5, 0.6) is 0 Å². The summed E-state index contributed by atoms with van der Waals surface area (Å²) < 4.78 is 18.8. The van der Waals surface area contributed by atoms with Gasteiger partial charge in [0.2, 0.25) is 0 Å². The molecule has 0 aromatic heterocycles. The number of anilines is 1. The van der Waals surface area contributed by atoms with E-state index < -0.39 is 10.7 Å². The minimum Gasteiger partial charge on any atom is -0.379 e. The van der Waals surface area contributed by atoms with Crippen LogP contribution in [-0.2, 0) is 4.74 Å². The van der Waals surface area contributed by atoms with E-state index in [1.807, 2.05) is 0 Å². The number of nitrogens with one attached hydrogen (secondary N) is 1. The van der Waals surface area contributed by atoms with Crippen molar-refractivity contribution < 1.29 is 14.1 Å². The molecule has 0 bridgehead atoms. The number of hydrogen-bond acceptors (Lipinski definition) is 4. The Balaban J connectivity index is 2.01. The molecule has 0 spiro atoms. The smallest absolute Gasteiger partial charge is 0.294 e. The van der Waals surface area contributed by atoms with Gasteiger partial charge in [-0.25, -0.2) is 4.39 Å². The Hall–Kier alpha value is -1.40. The topological polar surface area (TPSA) is 64.4 Å². The number of rotatable bonds is 5. The van der Waals surface area contributed by atoms with Gasteiger partial charge in [0.05, 0.1) is 16.0 Å². The minimum atomic E-state index is -0.674. The molecule has 0 saturated carbocycles. The molecule has 1 aromatic carbocycles. The number of nitro benzene ring substituents is 1. The summed E-state index contributed by atoms with van der Waals surface area (Å²) in [7, 11) is 0. The summed E-state index contributed by atoms with van der Waals surface area (Å²) in [4.78, 5) is 10.3. The highest BCUT2D eigenvalue weighted by atomic mass is 35.5. The Kier molecular flexibility index (Phi) is 4.55. The van der Waals surface area contributed by atoms with Crippen LogP contribution in [0.4, 0.5) is 15.8 Å². The molecule has 1 N–H and O–H groups in total. The molecule has 7 heteroatoms. The van der Waals surface area contributed by atoms with Gasteiger partial charge < -0.3 is 10.1 Å². The third kappa shape index (κ3) is 3.54. The van der Waals surface area contributed by atoms with Crippen LogP contribution in [0.15, 0.2) is 12.1 Å². The van der Waals surface area contributed by atoms with Crippen molar-refractivity contribution in [2.45, 2.75) is 25.4 Å². The lowest BCUT2D eigenvalue weighted by Crippen LogP contribution is -2.13. The van der Waals surface area contributed by atoms with Crippen LogP contribution in [0, 0.1) is 15.9 Å². The average molecular weight is 289 g/mol. The Morgan fingerprint density at radius 2 is 2.37 bits per heavy atom. The van der Waals surface area contributed by atoms with Crippen LogP contribution in [0.3, 0.4) is 0 Å². The fraction of sp³-hybridized carbons (Fsp3) is 0.500. The molecule has 0 aliphatic carbocycles. The van der Waals surface area contributed by atoms with E-state index in [4.69, 9.17) is 16.3 Å². The zero-order chi connectivity index (χ0) is 13.8. The van der Waals surface area contributed by atoms with Crippen LogP contribution < -0.4 is 5.32 Å². The molecule has 0 amide bonds. The molecule has 1 atom stereocenters. The quantitative estimate of drug-likeness (QED) is 0.666. The van der Waals surface area contributed by atoms with E-state index in [9.17, 15) is 14.5 Å². The monoisotopic (exact) mass is 288 g/mol. The lowest BCUT2D eigenvalue weighted by atomic mass is 10.2. The summed E-state index contributed by atoms with van der Waals surface area (Å²) >= 11 is 5.54. The number of hydrogen-bond donors (Lipinski definition) is 1. The van der Waals surface area contributed by atoms with Crippen LogP contribution in [0.1, 0.15) is 19.3 Å². The Morgan fingerprint density at radius 3 is 3.00 bits per heavy atom. The molecule has 5 nitrogen and oxygen atoms in total. The lowest BCUT2D eigenvalue weighted by Gasteiger charge is -2.11. The van der Waals surface area contributed by atoms with Crippen molar-refractivity contribution in [3.8, 4) is 0 Å². The van der Waals surface area contributed by atoms with Crippen molar-refractivity contribution >= 4 is 23.0 Å². The van der Waals surface area contributed by atoms with Gasteiger partial charge in [0.15, 0.2) is 0 Å². The van der Waals surface area contributed by atoms with E-state index in [2.05, 4.69) is 5.32 Å². The second-order valence-electron chi connectivity index (χ2n) is 4.39. The maximum atomic E-state index is 13.3. The van der Waals surface area contributed by atoms with E-state index >= 15 is 0 Å². The third-order valence-electron chi connectivity index (χ3n) is 3.04. The zero-order valence-electron chi connectivity index (χ0n) is 10.2. The second-order valence-corrected chi connectivity index (χ2v) is 4.80. The second kappa shape index (κ2) is 6.16. The van der Waals surface area contributed by atoms with Gasteiger partial charge in [0.25, 0.3) is 5.69 Å². The van der Waals surface area contributed by atoms with Gasteiger partial charge in [-0.3, -0.25) is 10.1 Å². The Bertz CT molecular complexity index is 478. The Labute approximate surface area is 114 Å². The van der Waals surface area contributed by atoms with Crippen molar-refractivity contribution in [1.82, 2.24) is 0 Å². The van der Waals surface area contributed by atoms with E-state index in [1.165, 1.54) is 0 Å². The molecule has 1 aromatic rings. The molecule has 2 rings (SSSR count). The van der Waals surface area contributed by atoms with Gasteiger partial charge in [-0.15, -0.1) is 0 Å². The average Bonchev–Trinajstić information content (AvgIpc) is 2.86. The van der Waals surface area contributed by atoms with Crippen molar-refractivity contribution in [3.63, 3.8) is 0 Å². The van der Waals surface area contributed by atoms with Crippen LogP contribution in [0.25, 0.3) is 0 Å². The van der Waals surface area contributed by atoms with E-state index in [0.717, 1.165) is 38.0 Å². The summed E-state index contributed by atoms with van der Waals surface area (Å²) in [6, 6.07) is 2.07. The molecule has 1 aliphatic heterocycles. The molecular weight excluding hydrogens is 275 g/mol. The fourth-order valence-electron chi connectivity index (χ4n) is 2.07. The molecule has 1 aliphatic rings. The SMILES string of the molecule is O=[N+]([O-])c1cc(Cl)c(F)cc1NCCC1CCCO1. The van der Waals surface area contributed by atoms with Gasteiger partial charge in [0.1, 0.15) is 11.5 Å². The zero-order valence-corrected chi connectivity index (χ0v) is 11.0. The molecule has 1 unspecified atom stereocenters. The number of nitrogens with zero attached hydrogens (tertiary/aromatic N) is 1. The first-order valence-corrected chi connectivity index (χ1v) is 6.44. The molecular formula is C12H14ClFN2O3. The highest BCUT2D eigenvalue weighted by Crippen LogP contribution is 2.30. The van der Waals surface area contributed by atoms with Crippen molar-refractivity contribution in [3.05, 3.63) is 33.1 Å². The van der Waals surface area contributed by atoms with Crippen molar-refractivity contribution in [1.29, 1.82) is 0 Å². The van der Waals surface area contributed by atoms with Gasteiger partial charge in [-0.05, 0) is 19.3 Å². The third-order valence-corrected chi connectivity index (χ3v) is 3.33. The highest BCUT2D eigenvalue weighted by Gasteiger charge is 2.19. The summed E-state index contributed by atoms with van der Waals surface area (Å²) in [5.74, 6) is -0.674. The highest BCUT2D eigenvalue weighted by molar-refractivity contribution is 6.31. The lowest BCUT2D eigenvalue weighted by molar-refractivity contribution is -0.384. The van der Waals surface area contributed by atoms with Crippen LogP contribution >= 0.6 is 11.6 Å². The number of ether oxygens (including phenoxy) is 1. The van der Waals surface area contributed by atoms with Gasteiger partial charge >= 0.3 is 0 Å². The minimum absolute atomic E-state index is 0.143. The van der Waals surface area contributed by atoms with Gasteiger partial charge in [-0.2, -0.15) is 0 Å². The predicted molar refractivity (Wildman–Crippen MR) is 70.1 cm³/mol. The maximum absolute atomic E-state index is 13.3. The first-order valence-electron chi connectivity index (χ1n) is 6.07. The molecule has 1 fully saturated rings.